The summed E-state index contributed by atoms with van der Waals surface area (Å²) in [5.74, 6) is 0.0140. The number of fused-ring (bicyclic) bond motifs is 1. The van der Waals surface area contributed by atoms with Crippen LogP contribution in [0.15, 0.2) is 21.7 Å². The van der Waals surface area contributed by atoms with Crippen LogP contribution in [0.4, 0.5) is 4.79 Å². The summed E-state index contributed by atoms with van der Waals surface area (Å²) in [4.78, 5) is 24.7. The quantitative estimate of drug-likeness (QED) is 0.615. The van der Waals surface area contributed by atoms with Gasteiger partial charge in [0.05, 0.1) is 18.1 Å². The van der Waals surface area contributed by atoms with Gasteiger partial charge in [0.1, 0.15) is 17.6 Å². The standard InChI is InChI=1S/C15H14ClN3O7S/c16-10-3-4-12(14-13(10)17-26-18-14)27(22,23)24-7-9-5-19(15(21)25-9)6-11(20)8-1-2-8/h3-4,8-9H,1-2,5-7H2/t9-/m0/s1. The van der Waals surface area contributed by atoms with Gasteiger partial charge in [-0.05, 0) is 35.3 Å². The van der Waals surface area contributed by atoms with Crippen LogP contribution in [0.2, 0.25) is 5.02 Å². The number of hydrogen-bond acceptors (Lipinski definition) is 9. The van der Waals surface area contributed by atoms with Crippen LogP contribution in [0, 0.1) is 5.92 Å². The molecule has 144 valence electrons. The molecule has 2 aromatic rings. The number of cyclic esters (lactones) is 1. The number of carbonyl (C=O) groups excluding carboxylic acids is 2. The third kappa shape index (κ3) is 3.62. The van der Waals surface area contributed by atoms with Crippen molar-refractivity contribution in [3.8, 4) is 0 Å². The number of carbonyl (C=O) groups is 2. The van der Waals surface area contributed by atoms with E-state index in [0.29, 0.717) is 0 Å². The molecule has 0 N–H and O–H groups in total. The van der Waals surface area contributed by atoms with Crippen molar-refractivity contribution in [2.75, 3.05) is 19.7 Å². The molecule has 1 atom stereocenters. The second kappa shape index (κ2) is 6.73. The van der Waals surface area contributed by atoms with E-state index in [9.17, 15) is 18.0 Å². The highest BCUT2D eigenvalue weighted by atomic mass is 35.5. The van der Waals surface area contributed by atoms with Crippen LogP contribution in [0.1, 0.15) is 12.8 Å². The Bertz CT molecular complexity index is 1020. The molecule has 27 heavy (non-hydrogen) atoms. The Balaban J connectivity index is 1.42. The van der Waals surface area contributed by atoms with E-state index in [-0.39, 0.29) is 45.7 Å². The van der Waals surface area contributed by atoms with Crippen molar-refractivity contribution in [1.29, 1.82) is 0 Å². The van der Waals surface area contributed by atoms with Gasteiger partial charge >= 0.3 is 6.09 Å². The van der Waals surface area contributed by atoms with Gasteiger partial charge in [-0.25, -0.2) is 9.42 Å². The van der Waals surface area contributed by atoms with Gasteiger partial charge < -0.3 is 4.74 Å². The van der Waals surface area contributed by atoms with Crippen molar-refractivity contribution in [3.63, 3.8) is 0 Å². The highest BCUT2D eigenvalue weighted by Crippen LogP contribution is 2.31. The minimum absolute atomic E-state index is 0.0109. The van der Waals surface area contributed by atoms with Gasteiger partial charge in [0.15, 0.2) is 16.8 Å². The van der Waals surface area contributed by atoms with Crippen LogP contribution in [0.25, 0.3) is 11.0 Å². The van der Waals surface area contributed by atoms with Gasteiger partial charge in [-0.2, -0.15) is 8.42 Å². The number of hydrogen-bond donors (Lipinski definition) is 0. The molecule has 0 bridgehead atoms. The Morgan fingerprint density at radius 2 is 2.04 bits per heavy atom. The summed E-state index contributed by atoms with van der Waals surface area (Å²) in [6, 6.07) is 2.57. The molecule has 12 heteroatoms. The van der Waals surface area contributed by atoms with Crippen LogP contribution < -0.4 is 0 Å². The number of amides is 1. The molecule has 10 nitrogen and oxygen atoms in total. The molecule has 1 aliphatic carbocycles. The van der Waals surface area contributed by atoms with Gasteiger partial charge in [0.2, 0.25) is 0 Å². The number of ether oxygens (including phenoxy) is 1. The smallest absolute Gasteiger partial charge is 0.410 e. The molecule has 1 amide bonds. The lowest BCUT2D eigenvalue weighted by Crippen LogP contribution is -2.32. The fourth-order valence-electron chi connectivity index (χ4n) is 2.76. The number of aromatic nitrogens is 2. The number of halogens is 1. The first-order chi connectivity index (χ1) is 12.8. The molecule has 4 rings (SSSR count). The largest absolute Gasteiger partial charge is 0.442 e. The number of nitrogens with zero attached hydrogens (tertiary/aromatic N) is 3. The Hall–Kier alpha value is -2.24. The van der Waals surface area contributed by atoms with Gasteiger partial charge in [-0.3, -0.25) is 13.9 Å². The molecule has 1 saturated carbocycles. The van der Waals surface area contributed by atoms with Gasteiger partial charge in [0.25, 0.3) is 10.1 Å². The summed E-state index contributed by atoms with van der Waals surface area (Å²) in [6.45, 7) is -0.346. The summed E-state index contributed by atoms with van der Waals surface area (Å²) >= 11 is 5.91. The van der Waals surface area contributed by atoms with E-state index in [1.54, 1.807) is 0 Å². The van der Waals surface area contributed by atoms with Crippen molar-refractivity contribution < 1.29 is 31.6 Å². The third-order valence-corrected chi connectivity index (χ3v) is 5.96. The highest BCUT2D eigenvalue weighted by Gasteiger charge is 2.37. The molecule has 1 aromatic heterocycles. The second-order valence-corrected chi connectivity index (χ2v) is 8.36. The van der Waals surface area contributed by atoms with Crippen LogP contribution in [0.3, 0.4) is 0 Å². The molecule has 2 fully saturated rings. The molecule has 1 aromatic carbocycles. The molecule has 0 unspecified atom stereocenters. The van der Waals surface area contributed by atoms with E-state index in [4.69, 9.17) is 20.5 Å². The lowest BCUT2D eigenvalue weighted by Gasteiger charge is -2.11. The van der Waals surface area contributed by atoms with Gasteiger partial charge in [-0.1, -0.05) is 11.6 Å². The average Bonchev–Trinajstić information content (AvgIpc) is 3.25. The van der Waals surface area contributed by atoms with Crippen molar-refractivity contribution in [2.24, 2.45) is 5.92 Å². The molecular formula is C15H14ClN3O7S. The lowest BCUT2D eigenvalue weighted by molar-refractivity contribution is -0.120. The van der Waals surface area contributed by atoms with Gasteiger partial charge in [0, 0.05) is 5.92 Å². The summed E-state index contributed by atoms with van der Waals surface area (Å²) in [5, 5.41) is 7.28. The van der Waals surface area contributed by atoms with Crippen LogP contribution in [0.5, 0.6) is 0 Å². The van der Waals surface area contributed by atoms with Crippen LogP contribution in [-0.2, 0) is 23.8 Å². The molecule has 0 radical (unpaired) electrons. The van der Waals surface area contributed by atoms with Crippen molar-refractivity contribution in [2.45, 2.75) is 23.8 Å². The topological polar surface area (TPSA) is 129 Å². The molecule has 0 spiro atoms. The number of benzene rings is 1. The maximum atomic E-state index is 12.5. The summed E-state index contributed by atoms with van der Waals surface area (Å²) < 4.78 is 39.6. The van der Waals surface area contributed by atoms with Gasteiger partial charge in [-0.15, -0.1) is 0 Å². The fraction of sp³-hybridized carbons (Fsp3) is 0.467. The van der Waals surface area contributed by atoms with E-state index >= 15 is 0 Å². The molecular weight excluding hydrogens is 402 g/mol. The predicted molar refractivity (Wildman–Crippen MR) is 89.5 cm³/mol. The predicted octanol–water partition coefficient (Wildman–Crippen LogP) is 1.38. The number of Topliss-reactive ketones (excluding diaryl/α,β-unsaturated/α-hetero) is 1. The maximum absolute atomic E-state index is 12.5. The first-order valence-corrected chi connectivity index (χ1v) is 9.92. The van der Waals surface area contributed by atoms with E-state index in [1.807, 2.05) is 0 Å². The van der Waals surface area contributed by atoms with E-state index in [0.717, 1.165) is 12.8 Å². The third-order valence-electron chi connectivity index (χ3n) is 4.34. The fourth-order valence-corrected chi connectivity index (χ4v) is 4.01. The summed E-state index contributed by atoms with van der Waals surface area (Å²) in [7, 11) is -4.22. The monoisotopic (exact) mass is 415 g/mol. The van der Waals surface area contributed by atoms with Crippen molar-refractivity contribution >= 4 is 44.6 Å². The number of ketones is 1. The first kappa shape index (κ1) is 18.1. The first-order valence-electron chi connectivity index (χ1n) is 8.13. The van der Waals surface area contributed by atoms with Crippen LogP contribution >= 0.6 is 11.6 Å². The Kier molecular flexibility index (Phi) is 4.52. The van der Waals surface area contributed by atoms with E-state index in [2.05, 4.69) is 14.9 Å². The zero-order chi connectivity index (χ0) is 19.2. The highest BCUT2D eigenvalue weighted by molar-refractivity contribution is 7.87. The molecule has 2 heterocycles. The lowest BCUT2D eigenvalue weighted by atomic mass is 10.2. The Morgan fingerprint density at radius 3 is 2.78 bits per heavy atom. The Morgan fingerprint density at radius 1 is 1.30 bits per heavy atom. The van der Waals surface area contributed by atoms with E-state index < -0.39 is 28.9 Å². The zero-order valence-corrected chi connectivity index (χ0v) is 15.4. The zero-order valence-electron chi connectivity index (χ0n) is 13.8. The van der Waals surface area contributed by atoms with Crippen molar-refractivity contribution in [3.05, 3.63) is 17.2 Å². The van der Waals surface area contributed by atoms with Crippen LogP contribution in [-0.4, -0.2) is 61.3 Å². The molecule has 1 aliphatic heterocycles. The SMILES string of the molecule is O=C(CN1C[C@@H](COS(=O)(=O)c2ccc(Cl)c3nonc23)OC1=O)C1CC1. The normalized spacial score (nSPS) is 20.3. The second-order valence-electron chi connectivity index (χ2n) is 6.37. The average molecular weight is 416 g/mol. The molecule has 1 saturated heterocycles. The maximum Gasteiger partial charge on any atom is 0.410 e. The van der Waals surface area contributed by atoms with E-state index in [1.165, 1.54) is 17.0 Å². The minimum Gasteiger partial charge on any atom is -0.442 e. The van der Waals surface area contributed by atoms with Crippen molar-refractivity contribution in [1.82, 2.24) is 15.2 Å². The number of rotatable bonds is 7. The Labute approximate surface area is 158 Å². The summed E-state index contributed by atoms with van der Waals surface area (Å²) in [5.41, 5.74) is 0.0426. The summed E-state index contributed by atoms with van der Waals surface area (Å²) in [6.07, 6.45) is 0.222. The minimum atomic E-state index is -4.22. The molecule has 2 aliphatic rings.